The van der Waals surface area contributed by atoms with Crippen molar-refractivity contribution in [3.05, 3.63) is 11.9 Å². The van der Waals surface area contributed by atoms with Crippen LogP contribution in [0.5, 0.6) is 0 Å². The molecule has 5 heteroatoms. The molecule has 1 aromatic rings. The topological polar surface area (TPSA) is 61.9 Å². The molecular weight excluding hydrogens is 238 g/mol. The third kappa shape index (κ3) is 4.67. The predicted octanol–water partition coefficient (Wildman–Crippen LogP) is 2.16. The van der Waals surface area contributed by atoms with Gasteiger partial charge in [-0.1, -0.05) is 13.3 Å². The number of anilines is 2. The van der Waals surface area contributed by atoms with Gasteiger partial charge in [-0.3, -0.25) is 0 Å². The zero-order valence-electron chi connectivity index (χ0n) is 12.0. The molecule has 0 aliphatic carbocycles. The van der Waals surface area contributed by atoms with Crippen LogP contribution in [-0.4, -0.2) is 35.6 Å². The molecule has 1 aromatic heterocycles. The molecular formula is C14H25N5. The summed E-state index contributed by atoms with van der Waals surface area (Å²) < 4.78 is 0. The molecule has 1 unspecified atom stereocenters. The van der Waals surface area contributed by atoms with E-state index >= 15 is 0 Å². The smallest absolute Gasteiger partial charge is 0.132 e. The van der Waals surface area contributed by atoms with Gasteiger partial charge in [0.15, 0.2) is 0 Å². The lowest BCUT2D eigenvalue weighted by molar-refractivity contribution is 0.479. The van der Waals surface area contributed by atoms with Crippen molar-refractivity contribution in [2.75, 3.05) is 30.3 Å². The van der Waals surface area contributed by atoms with Crippen molar-refractivity contribution in [3.63, 3.8) is 0 Å². The van der Waals surface area contributed by atoms with Gasteiger partial charge in [-0.05, 0) is 32.7 Å². The lowest BCUT2D eigenvalue weighted by atomic mass is 10.1. The maximum absolute atomic E-state index is 4.47. The zero-order valence-corrected chi connectivity index (χ0v) is 12.0. The molecule has 3 N–H and O–H groups in total. The van der Waals surface area contributed by atoms with Crippen LogP contribution in [0.25, 0.3) is 0 Å². The Kier molecular flexibility index (Phi) is 5.39. The van der Waals surface area contributed by atoms with Crippen LogP contribution in [0.2, 0.25) is 0 Å². The third-order valence-corrected chi connectivity index (χ3v) is 3.32. The minimum absolute atomic E-state index is 0.478. The van der Waals surface area contributed by atoms with Crippen molar-refractivity contribution in [1.29, 1.82) is 0 Å². The van der Waals surface area contributed by atoms with Crippen molar-refractivity contribution >= 4 is 11.6 Å². The van der Waals surface area contributed by atoms with E-state index in [0.29, 0.717) is 6.04 Å². The van der Waals surface area contributed by atoms with Crippen LogP contribution in [-0.2, 0) is 0 Å². The Hall–Kier alpha value is -1.36. The molecule has 0 amide bonds. The molecule has 0 spiro atoms. The highest BCUT2D eigenvalue weighted by molar-refractivity contribution is 5.48. The van der Waals surface area contributed by atoms with Gasteiger partial charge < -0.3 is 16.0 Å². The number of nitrogens with one attached hydrogen (secondary N) is 3. The predicted molar refractivity (Wildman–Crippen MR) is 79.7 cm³/mol. The summed E-state index contributed by atoms with van der Waals surface area (Å²) in [7, 11) is 0. The quantitative estimate of drug-likeness (QED) is 0.687. The second-order valence-corrected chi connectivity index (χ2v) is 5.15. The van der Waals surface area contributed by atoms with Crippen molar-refractivity contribution in [1.82, 2.24) is 15.3 Å². The second kappa shape index (κ2) is 7.28. The zero-order chi connectivity index (χ0) is 13.5. The lowest BCUT2D eigenvalue weighted by Gasteiger charge is -2.24. The van der Waals surface area contributed by atoms with Crippen molar-refractivity contribution in [2.45, 2.75) is 45.6 Å². The number of rotatable bonds is 6. The Bertz CT molecular complexity index is 387. The Morgan fingerprint density at radius 2 is 2.21 bits per heavy atom. The van der Waals surface area contributed by atoms with E-state index in [2.05, 4.69) is 32.8 Å². The number of hydrogen-bond acceptors (Lipinski definition) is 5. The summed E-state index contributed by atoms with van der Waals surface area (Å²) in [5.74, 6) is 2.67. The van der Waals surface area contributed by atoms with Crippen LogP contribution in [0.3, 0.4) is 0 Å². The normalized spacial score (nSPS) is 19.2. The van der Waals surface area contributed by atoms with Gasteiger partial charge in [-0.2, -0.15) is 0 Å². The Morgan fingerprint density at radius 3 is 2.95 bits per heavy atom. The molecule has 1 fully saturated rings. The molecule has 1 aliphatic rings. The SMILES string of the molecule is CCCCNc1cc(NC2CCCNC2)nc(C)n1. The summed E-state index contributed by atoms with van der Waals surface area (Å²) in [5.41, 5.74) is 0. The number of piperidine rings is 1. The van der Waals surface area contributed by atoms with E-state index in [-0.39, 0.29) is 0 Å². The molecule has 106 valence electrons. The number of unbranched alkanes of at least 4 members (excludes halogenated alkanes) is 1. The van der Waals surface area contributed by atoms with Gasteiger partial charge in [0.1, 0.15) is 17.5 Å². The maximum Gasteiger partial charge on any atom is 0.132 e. The van der Waals surface area contributed by atoms with Crippen LogP contribution < -0.4 is 16.0 Å². The minimum Gasteiger partial charge on any atom is -0.370 e. The number of aromatic nitrogens is 2. The summed E-state index contributed by atoms with van der Waals surface area (Å²) in [6, 6.07) is 2.49. The monoisotopic (exact) mass is 263 g/mol. The van der Waals surface area contributed by atoms with E-state index < -0.39 is 0 Å². The molecule has 0 saturated carbocycles. The summed E-state index contributed by atoms with van der Waals surface area (Å²) in [6.45, 7) is 7.25. The van der Waals surface area contributed by atoms with E-state index in [1.807, 2.05) is 13.0 Å². The Labute approximate surface area is 115 Å². The first-order valence-corrected chi connectivity index (χ1v) is 7.34. The average molecular weight is 263 g/mol. The van der Waals surface area contributed by atoms with E-state index in [9.17, 15) is 0 Å². The van der Waals surface area contributed by atoms with E-state index in [1.54, 1.807) is 0 Å². The lowest BCUT2D eigenvalue weighted by Crippen LogP contribution is -2.38. The fourth-order valence-corrected chi connectivity index (χ4v) is 2.31. The van der Waals surface area contributed by atoms with Gasteiger partial charge in [0.25, 0.3) is 0 Å². The second-order valence-electron chi connectivity index (χ2n) is 5.15. The molecule has 2 rings (SSSR count). The van der Waals surface area contributed by atoms with Crippen LogP contribution in [0, 0.1) is 6.92 Å². The van der Waals surface area contributed by atoms with E-state index in [4.69, 9.17) is 0 Å². The summed E-state index contributed by atoms with van der Waals surface area (Å²) in [5, 5.41) is 10.3. The Balaban J connectivity index is 1.95. The molecule has 0 radical (unpaired) electrons. The molecule has 0 aromatic carbocycles. The molecule has 1 aliphatic heterocycles. The summed E-state index contributed by atoms with van der Waals surface area (Å²) >= 11 is 0. The third-order valence-electron chi connectivity index (χ3n) is 3.32. The van der Waals surface area contributed by atoms with Crippen molar-refractivity contribution in [3.8, 4) is 0 Å². The first-order chi connectivity index (χ1) is 9.28. The summed E-state index contributed by atoms with van der Waals surface area (Å²) in [4.78, 5) is 8.89. The standard InChI is InChI=1S/C14H25N5/c1-3-4-8-16-13-9-14(18-11(2)17-13)19-12-6-5-7-15-10-12/h9,12,15H,3-8,10H2,1-2H3,(H2,16,17,18,19). The van der Waals surface area contributed by atoms with Gasteiger partial charge in [-0.25, -0.2) is 9.97 Å². The largest absolute Gasteiger partial charge is 0.370 e. The highest BCUT2D eigenvalue weighted by Crippen LogP contribution is 2.14. The highest BCUT2D eigenvalue weighted by Gasteiger charge is 2.13. The summed E-state index contributed by atoms with van der Waals surface area (Å²) in [6.07, 6.45) is 4.78. The number of nitrogens with zero attached hydrogens (tertiary/aromatic N) is 2. The van der Waals surface area contributed by atoms with Crippen molar-refractivity contribution < 1.29 is 0 Å². The fourth-order valence-electron chi connectivity index (χ4n) is 2.31. The first kappa shape index (κ1) is 14.1. The van der Waals surface area contributed by atoms with Gasteiger partial charge >= 0.3 is 0 Å². The number of hydrogen-bond donors (Lipinski definition) is 3. The number of aryl methyl sites for hydroxylation is 1. The molecule has 2 heterocycles. The fraction of sp³-hybridized carbons (Fsp3) is 0.714. The van der Waals surface area contributed by atoms with Crippen LogP contribution in [0.15, 0.2) is 6.07 Å². The van der Waals surface area contributed by atoms with E-state index in [1.165, 1.54) is 25.7 Å². The van der Waals surface area contributed by atoms with Gasteiger partial charge in [0.2, 0.25) is 0 Å². The average Bonchev–Trinajstić information content (AvgIpc) is 2.39. The van der Waals surface area contributed by atoms with E-state index in [0.717, 1.165) is 37.1 Å². The van der Waals surface area contributed by atoms with Crippen molar-refractivity contribution in [2.24, 2.45) is 0 Å². The first-order valence-electron chi connectivity index (χ1n) is 7.34. The molecule has 19 heavy (non-hydrogen) atoms. The molecule has 5 nitrogen and oxygen atoms in total. The minimum atomic E-state index is 0.478. The van der Waals surface area contributed by atoms with Crippen LogP contribution in [0.4, 0.5) is 11.6 Å². The maximum atomic E-state index is 4.47. The highest BCUT2D eigenvalue weighted by atomic mass is 15.1. The van der Waals surface area contributed by atoms with Gasteiger partial charge in [0, 0.05) is 25.2 Å². The van der Waals surface area contributed by atoms with Crippen LogP contribution in [0.1, 0.15) is 38.4 Å². The van der Waals surface area contributed by atoms with Gasteiger partial charge in [-0.15, -0.1) is 0 Å². The molecule has 1 saturated heterocycles. The molecule has 0 bridgehead atoms. The Morgan fingerprint density at radius 1 is 1.37 bits per heavy atom. The molecule has 1 atom stereocenters. The van der Waals surface area contributed by atoms with Crippen LogP contribution >= 0.6 is 0 Å². The van der Waals surface area contributed by atoms with Gasteiger partial charge in [0.05, 0.1) is 0 Å².